The summed E-state index contributed by atoms with van der Waals surface area (Å²) in [6.45, 7) is -3.14. The van der Waals surface area contributed by atoms with Crippen LogP contribution in [-0.4, -0.2) is 6.98 Å². The summed E-state index contributed by atoms with van der Waals surface area (Å²) in [7, 11) is 0. The molecule has 70 valence electrons. The Balaban J connectivity index is 2.35. The van der Waals surface area contributed by atoms with Gasteiger partial charge in [0.05, 0.1) is 0 Å². The van der Waals surface area contributed by atoms with E-state index in [0.29, 0.717) is 23.9 Å². The summed E-state index contributed by atoms with van der Waals surface area (Å²) in [6, 6.07) is 0. The number of allylic oxidation sites excluding steroid dienone is 1. The number of hydrogen-bond acceptors (Lipinski definition) is 0. The summed E-state index contributed by atoms with van der Waals surface area (Å²) < 4.78 is 35.6. The lowest BCUT2D eigenvalue weighted by Crippen LogP contribution is -2.15. The van der Waals surface area contributed by atoms with E-state index in [-0.39, 0.29) is 0 Å². The summed E-state index contributed by atoms with van der Waals surface area (Å²) in [4.78, 5) is 0. The van der Waals surface area contributed by atoms with Gasteiger partial charge in [-0.1, -0.05) is 19.3 Å². The van der Waals surface area contributed by atoms with E-state index in [1.807, 2.05) is 0 Å². The monoisotopic (exact) mass is 177 g/mol. The highest BCUT2D eigenvalue weighted by molar-refractivity contribution is 6.64. The van der Waals surface area contributed by atoms with E-state index in [1.165, 1.54) is 6.42 Å². The molecule has 1 saturated carbocycles. The van der Waals surface area contributed by atoms with E-state index in [4.69, 9.17) is 0 Å². The van der Waals surface area contributed by atoms with E-state index in [9.17, 15) is 12.9 Å². The Kier molecular flexibility index (Phi) is 2.86. The standard InChI is InChI=1S/C8H13BF3/c1-7(6-9(10,11)12)5-8-3-2-4-8/h6,8H,2-5H2,1H3/q-1/b7-6+. The zero-order valence-electron chi connectivity index (χ0n) is 7.19. The molecule has 0 aromatic rings. The van der Waals surface area contributed by atoms with E-state index in [2.05, 4.69) is 0 Å². The van der Waals surface area contributed by atoms with Crippen LogP contribution in [0.2, 0.25) is 0 Å². The normalized spacial score (nSPS) is 20.8. The first-order valence-electron chi connectivity index (χ1n) is 4.35. The van der Waals surface area contributed by atoms with Crippen LogP contribution in [0.1, 0.15) is 32.6 Å². The van der Waals surface area contributed by atoms with Crippen LogP contribution in [0.3, 0.4) is 0 Å². The lowest BCUT2D eigenvalue weighted by molar-refractivity contribution is 0.313. The molecule has 0 nitrogen and oxygen atoms in total. The van der Waals surface area contributed by atoms with Crippen molar-refractivity contribution < 1.29 is 12.9 Å². The lowest BCUT2D eigenvalue weighted by Gasteiger charge is -2.26. The van der Waals surface area contributed by atoms with Gasteiger partial charge in [0.1, 0.15) is 0 Å². The smallest absolute Gasteiger partial charge is 0.445 e. The van der Waals surface area contributed by atoms with Crippen LogP contribution in [0.4, 0.5) is 12.9 Å². The third-order valence-electron chi connectivity index (χ3n) is 2.31. The third kappa shape index (κ3) is 3.33. The molecule has 0 aliphatic heterocycles. The van der Waals surface area contributed by atoms with Crippen molar-refractivity contribution in [2.45, 2.75) is 32.6 Å². The van der Waals surface area contributed by atoms with Crippen molar-refractivity contribution in [3.8, 4) is 0 Å². The van der Waals surface area contributed by atoms with E-state index < -0.39 is 6.98 Å². The molecule has 4 heteroatoms. The summed E-state index contributed by atoms with van der Waals surface area (Å²) in [5.74, 6) is 1.01. The largest absolute Gasteiger partial charge is 0.502 e. The summed E-state index contributed by atoms with van der Waals surface area (Å²) in [6.07, 6.45) is 4.04. The Hall–Kier alpha value is -0.405. The SMILES string of the molecule is C/C(=C\[B-](F)(F)F)CC1CCC1. The molecule has 0 unspecified atom stereocenters. The highest BCUT2D eigenvalue weighted by Gasteiger charge is 2.21. The fraction of sp³-hybridized carbons (Fsp3) is 0.750. The zero-order chi connectivity index (χ0) is 9.19. The average molecular weight is 177 g/mol. The number of halogens is 3. The van der Waals surface area contributed by atoms with Crippen molar-refractivity contribution in [3.05, 3.63) is 11.5 Å². The Morgan fingerprint density at radius 1 is 1.42 bits per heavy atom. The minimum Gasteiger partial charge on any atom is -0.445 e. The molecule has 1 rings (SSSR count). The highest BCUT2D eigenvalue weighted by atomic mass is 19.4. The molecule has 0 aromatic carbocycles. The van der Waals surface area contributed by atoms with E-state index in [1.54, 1.807) is 6.92 Å². The topological polar surface area (TPSA) is 0 Å². The van der Waals surface area contributed by atoms with Crippen LogP contribution in [0.5, 0.6) is 0 Å². The molecule has 0 N–H and O–H groups in total. The minimum atomic E-state index is -4.72. The second kappa shape index (κ2) is 3.54. The van der Waals surface area contributed by atoms with Gasteiger partial charge < -0.3 is 12.9 Å². The Morgan fingerprint density at radius 2 is 2.00 bits per heavy atom. The van der Waals surface area contributed by atoms with Crippen molar-refractivity contribution in [1.29, 1.82) is 0 Å². The maximum Gasteiger partial charge on any atom is 0.502 e. The molecule has 0 saturated heterocycles. The quantitative estimate of drug-likeness (QED) is 0.578. The van der Waals surface area contributed by atoms with Crippen molar-refractivity contribution in [3.63, 3.8) is 0 Å². The molecule has 0 aromatic heterocycles. The van der Waals surface area contributed by atoms with Crippen LogP contribution < -0.4 is 0 Å². The molecule has 12 heavy (non-hydrogen) atoms. The van der Waals surface area contributed by atoms with Crippen molar-refractivity contribution in [1.82, 2.24) is 0 Å². The van der Waals surface area contributed by atoms with Crippen LogP contribution in [0, 0.1) is 5.92 Å². The highest BCUT2D eigenvalue weighted by Crippen LogP contribution is 2.32. The maximum absolute atomic E-state index is 11.9. The van der Waals surface area contributed by atoms with Gasteiger partial charge in [-0.25, -0.2) is 0 Å². The van der Waals surface area contributed by atoms with Gasteiger partial charge in [-0.15, -0.1) is 11.5 Å². The van der Waals surface area contributed by atoms with Gasteiger partial charge in [0.25, 0.3) is 0 Å². The molecule has 1 fully saturated rings. The second-order valence-corrected chi connectivity index (χ2v) is 3.64. The average Bonchev–Trinajstić information content (AvgIpc) is 1.74. The van der Waals surface area contributed by atoms with Crippen LogP contribution in [0.25, 0.3) is 0 Å². The summed E-state index contributed by atoms with van der Waals surface area (Å²) in [5.41, 5.74) is 0.493. The molecule has 1 aliphatic carbocycles. The van der Waals surface area contributed by atoms with Crippen LogP contribution in [-0.2, 0) is 0 Å². The van der Waals surface area contributed by atoms with Gasteiger partial charge in [0.2, 0.25) is 0 Å². The van der Waals surface area contributed by atoms with Crippen molar-refractivity contribution in [2.24, 2.45) is 5.92 Å². The fourth-order valence-electron chi connectivity index (χ4n) is 1.54. The van der Waals surface area contributed by atoms with E-state index in [0.717, 1.165) is 12.8 Å². The zero-order valence-corrected chi connectivity index (χ0v) is 7.19. The first kappa shape index (κ1) is 9.68. The van der Waals surface area contributed by atoms with E-state index >= 15 is 0 Å². The number of rotatable bonds is 3. The van der Waals surface area contributed by atoms with Crippen LogP contribution >= 0.6 is 0 Å². The van der Waals surface area contributed by atoms with Gasteiger partial charge >= 0.3 is 6.98 Å². The third-order valence-corrected chi connectivity index (χ3v) is 2.31. The van der Waals surface area contributed by atoms with Gasteiger partial charge in [-0.3, -0.25) is 0 Å². The van der Waals surface area contributed by atoms with Gasteiger partial charge in [-0.2, -0.15) is 0 Å². The molecular formula is C8H13BF3-. The Bertz CT molecular complexity index is 179. The predicted molar refractivity (Wildman–Crippen MR) is 44.8 cm³/mol. The van der Waals surface area contributed by atoms with Gasteiger partial charge in [0, 0.05) is 0 Å². The molecule has 0 bridgehead atoms. The summed E-state index contributed by atoms with van der Waals surface area (Å²) >= 11 is 0. The number of hydrogen-bond donors (Lipinski definition) is 0. The van der Waals surface area contributed by atoms with Gasteiger partial charge in [-0.05, 0) is 19.3 Å². The van der Waals surface area contributed by atoms with Crippen LogP contribution in [0.15, 0.2) is 11.5 Å². The predicted octanol–water partition coefficient (Wildman–Crippen LogP) is 3.51. The maximum atomic E-state index is 11.9. The first-order valence-corrected chi connectivity index (χ1v) is 4.35. The molecular weight excluding hydrogens is 164 g/mol. The molecule has 1 aliphatic rings. The molecule has 0 amide bonds. The first-order chi connectivity index (χ1) is 5.47. The molecule has 0 heterocycles. The van der Waals surface area contributed by atoms with Crippen molar-refractivity contribution in [2.75, 3.05) is 0 Å². The van der Waals surface area contributed by atoms with Crippen molar-refractivity contribution >= 4 is 6.98 Å². The Labute approximate surface area is 70.9 Å². The molecule has 0 atom stereocenters. The molecule has 0 radical (unpaired) electrons. The Morgan fingerprint density at radius 3 is 2.33 bits per heavy atom. The lowest BCUT2D eigenvalue weighted by atomic mass is 9.78. The summed E-state index contributed by atoms with van der Waals surface area (Å²) in [5, 5.41) is 0. The molecule has 0 spiro atoms. The fourth-order valence-corrected chi connectivity index (χ4v) is 1.54. The minimum absolute atomic E-state index is 0.484. The second-order valence-electron chi connectivity index (χ2n) is 3.64. The van der Waals surface area contributed by atoms with Gasteiger partial charge in [0.15, 0.2) is 0 Å².